The second kappa shape index (κ2) is 8.61. The Balaban J connectivity index is 1.64. The number of aromatic nitrogens is 3. The van der Waals surface area contributed by atoms with Crippen LogP contribution in [0.3, 0.4) is 0 Å². The van der Waals surface area contributed by atoms with Gasteiger partial charge in [0.25, 0.3) is 0 Å². The van der Waals surface area contributed by atoms with Crippen molar-refractivity contribution in [3.63, 3.8) is 0 Å². The first-order chi connectivity index (χ1) is 13.3. The van der Waals surface area contributed by atoms with E-state index in [1.165, 1.54) is 37.7 Å². The first kappa shape index (κ1) is 18.1. The summed E-state index contributed by atoms with van der Waals surface area (Å²) in [5.74, 6) is 2.75. The molecule has 1 heterocycles. The highest BCUT2D eigenvalue weighted by molar-refractivity contribution is 7.98. The van der Waals surface area contributed by atoms with Crippen molar-refractivity contribution in [2.24, 2.45) is 0 Å². The number of benzene rings is 2. The third-order valence-corrected chi connectivity index (χ3v) is 6.18. The summed E-state index contributed by atoms with van der Waals surface area (Å²) < 4.78 is 7.68. The quantitative estimate of drug-likeness (QED) is 0.511. The van der Waals surface area contributed by atoms with E-state index in [2.05, 4.69) is 57.2 Å². The van der Waals surface area contributed by atoms with Crippen LogP contribution in [-0.2, 0) is 5.75 Å². The van der Waals surface area contributed by atoms with Crippen LogP contribution in [0, 0.1) is 0 Å². The number of rotatable bonds is 6. The van der Waals surface area contributed by atoms with Crippen molar-refractivity contribution in [1.82, 2.24) is 14.8 Å². The average Bonchev–Trinajstić information content (AvgIpc) is 3.17. The summed E-state index contributed by atoms with van der Waals surface area (Å²) in [6, 6.07) is 19.2. The van der Waals surface area contributed by atoms with Crippen LogP contribution in [0.25, 0.3) is 11.4 Å². The number of methoxy groups -OCH3 is 1. The molecule has 0 radical (unpaired) electrons. The van der Waals surface area contributed by atoms with Gasteiger partial charge >= 0.3 is 0 Å². The molecule has 0 aliphatic heterocycles. The smallest absolute Gasteiger partial charge is 0.192 e. The molecule has 0 saturated heterocycles. The van der Waals surface area contributed by atoms with Crippen LogP contribution in [0.5, 0.6) is 5.75 Å². The Hall–Kier alpha value is -2.27. The monoisotopic (exact) mass is 379 g/mol. The van der Waals surface area contributed by atoms with Gasteiger partial charge in [-0.2, -0.15) is 0 Å². The van der Waals surface area contributed by atoms with Gasteiger partial charge in [0.15, 0.2) is 11.0 Å². The molecular formula is C22H25N3OS. The van der Waals surface area contributed by atoms with Crippen LogP contribution in [0.15, 0.2) is 59.8 Å². The molecule has 2 aromatic carbocycles. The fourth-order valence-electron chi connectivity index (χ4n) is 3.70. The van der Waals surface area contributed by atoms with Gasteiger partial charge in [0.2, 0.25) is 0 Å². The van der Waals surface area contributed by atoms with E-state index in [-0.39, 0.29) is 0 Å². The molecule has 4 rings (SSSR count). The number of thioether (sulfide) groups is 1. The van der Waals surface area contributed by atoms with Gasteiger partial charge in [0.1, 0.15) is 5.75 Å². The van der Waals surface area contributed by atoms with Crippen LogP contribution in [-0.4, -0.2) is 21.9 Å². The fraction of sp³-hybridized carbons (Fsp3) is 0.364. The molecule has 0 atom stereocenters. The highest BCUT2D eigenvalue weighted by atomic mass is 32.2. The summed E-state index contributed by atoms with van der Waals surface area (Å²) in [4.78, 5) is 0. The van der Waals surface area contributed by atoms with Gasteiger partial charge in [-0.1, -0.05) is 61.4 Å². The molecule has 1 fully saturated rings. The summed E-state index contributed by atoms with van der Waals surface area (Å²) in [5, 5.41) is 10.2. The third-order valence-electron chi connectivity index (χ3n) is 5.16. The maximum Gasteiger partial charge on any atom is 0.192 e. The van der Waals surface area contributed by atoms with E-state index in [9.17, 15) is 0 Å². The van der Waals surface area contributed by atoms with E-state index in [0.717, 1.165) is 28.0 Å². The van der Waals surface area contributed by atoms with Crippen molar-refractivity contribution >= 4 is 11.8 Å². The molecule has 0 unspecified atom stereocenters. The fourth-order valence-corrected chi connectivity index (χ4v) is 4.66. The summed E-state index contributed by atoms with van der Waals surface area (Å²) in [6.45, 7) is 0. The second-order valence-electron chi connectivity index (χ2n) is 6.97. The predicted octanol–water partition coefficient (Wildman–Crippen LogP) is 5.75. The van der Waals surface area contributed by atoms with E-state index >= 15 is 0 Å². The molecule has 0 amide bonds. The lowest BCUT2D eigenvalue weighted by Gasteiger charge is -2.25. The lowest BCUT2D eigenvalue weighted by Crippen LogP contribution is -2.15. The Bertz CT molecular complexity index is 855. The Morgan fingerprint density at radius 3 is 2.41 bits per heavy atom. The summed E-state index contributed by atoms with van der Waals surface area (Å²) in [6.07, 6.45) is 6.32. The lowest BCUT2D eigenvalue weighted by molar-refractivity contribution is 0.339. The molecule has 0 spiro atoms. The minimum Gasteiger partial charge on any atom is -0.497 e. The normalized spacial score (nSPS) is 15.0. The molecule has 0 bridgehead atoms. The molecule has 4 nitrogen and oxygen atoms in total. The maximum atomic E-state index is 5.30. The SMILES string of the molecule is COc1ccc(-c2nnc(SCc3ccccc3)n2C2CCCCC2)cc1. The number of hydrogen-bond acceptors (Lipinski definition) is 4. The average molecular weight is 380 g/mol. The van der Waals surface area contributed by atoms with Gasteiger partial charge in [-0.05, 0) is 42.7 Å². The standard InChI is InChI=1S/C22H25N3OS/c1-26-20-14-12-18(13-15-20)21-23-24-22(25(21)19-10-6-3-7-11-19)27-16-17-8-4-2-5-9-17/h2,4-5,8-9,12-15,19H,3,6-7,10-11,16H2,1H3. The topological polar surface area (TPSA) is 39.9 Å². The molecule has 1 aromatic heterocycles. The molecule has 3 aromatic rings. The van der Waals surface area contributed by atoms with Crippen molar-refractivity contribution in [3.05, 3.63) is 60.2 Å². The van der Waals surface area contributed by atoms with Crippen molar-refractivity contribution in [2.45, 2.75) is 49.1 Å². The zero-order chi connectivity index (χ0) is 18.5. The molecule has 1 saturated carbocycles. The van der Waals surface area contributed by atoms with Crippen molar-refractivity contribution in [1.29, 1.82) is 0 Å². The Morgan fingerprint density at radius 2 is 1.70 bits per heavy atom. The van der Waals surface area contributed by atoms with Crippen LogP contribution in [0.4, 0.5) is 0 Å². The van der Waals surface area contributed by atoms with Crippen LogP contribution < -0.4 is 4.74 Å². The Morgan fingerprint density at radius 1 is 0.963 bits per heavy atom. The molecule has 1 aliphatic carbocycles. The van der Waals surface area contributed by atoms with E-state index in [0.29, 0.717) is 6.04 Å². The van der Waals surface area contributed by atoms with Crippen molar-refractivity contribution < 1.29 is 4.74 Å². The number of hydrogen-bond donors (Lipinski definition) is 0. The van der Waals surface area contributed by atoms with Gasteiger partial charge in [0, 0.05) is 17.4 Å². The minimum atomic E-state index is 0.490. The third kappa shape index (κ3) is 4.19. The van der Waals surface area contributed by atoms with E-state index in [4.69, 9.17) is 4.74 Å². The highest BCUT2D eigenvalue weighted by Gasteiger charge is 2.23. The Labute approximate surface area is 165 Å². The molecular weight excluding hydrogens is 354 g/mol. The molecule has 27 heavy (non-hydrogen) atoms. The number of nitrogens with zero attached hydrogens (tertiary/aromatic N) is 3. The number of ether oxygens (including phenoxy) is 1. The zero-order valence-electron chi connectivity index (χ0n) is 15.7. The highest BCUT2D eigenvalue weighted by Crippen LogP contribution is 2.36. The molecule has 5 heteroatoms. The van der Waals surface area contributed by atoms with Crippen LogP contribution >= 0.6 is 11.8 Å². The summed E-state index contributed by atoms with van der Waals surface area (Å²) >= 11 is 1.78. The van der Waals surface area contributed by atoms with Gasteiger partial charge in [-0.15, -0.1) is 10.2 Å². The first-order valence-corrected chi connectivity index (χ1v) is 10.6. The largest absolute Gasteiger partial charge is 0.497 e. The molecule has 1 aliphatic rings. The second-order valence-corrected chi connectivity index (χ2v) is 7.91. The predicted molar refractivity (Wildman–Crippen MR) is 110 cm³/mol. The zero-order valence-corrected chi connectivity index (χ0v) is 16.5. The van der Waals surface area contributed by atoms with Gasteiger partial charge < -0.3 is 4.74 Å². The van der Waals surface area contributed by atoms with Crippen molar-refractivity contribution in [3.8, 4) is 17.1 Å². The maximum absolute atomic E-state index is 5.30. The van der Waals surface area contributed by atoms with Crippen LogP contribution in [0.2, 0.25) is 0 Å². The van der Waals surface area contributed by atoms with Gasteiger partial charge in [0.05, 0.1) is 7.11 Å². The molecule has 140 valence electrons. The first-order valence-electron chi connectivity index (χ1n) is 9.61. The van der Waals surface area contributed by atoms with Crippen molar-refractivity contribution in [2.75, 3.05) is 7.11 Å². The minimum absolute atomic E-state index is 0.490. The van der Waals surface area contributed by atoms with Gasteiger partial charge in [-0.25, -0.2) is 0 Å². The summed E-state index contributed by atoms with van der Waals surface area (Å²) in [5.41, 5.74) is 2.41. The van der Waals surface area contributed by atoms with E-state index in [1.807, 2.05) is 12.1 Å². The Kier molecular flexibility index (Phi) is 5.78. The van der Waals surface area contributed by atoms with E-state index in [1.54, 1.807) is 18.9 Å². The summed E-state index contributed by atoms with van der Waals surface area (Å²) in [7, 11) is 1.69. The van der Waals surface area contributed by atoms with E-state index < -0.39 is 0 Å². The molecule has 0 N–H and O–H groups in total. The lowest BCUT2D eigenvalue weighted by atomic mass is 9.95. The van der Waals surface area contributed by atoms with Crippen LogP contribution in [0.1, 0.15) is 43.7 Å². The van der Waals surface area contributed by atoms with Gasteiger partial charge in [-0.3, -0.25) is 4.57 Å².